The fourth-order valence-electron chi connectivity index (χ4n) is 1.47. The summed E-state index contributed by atoms with van der Waals surface area (Å²) >= 11 is 0. The first-order valence-electron chi connectivity index (χ1n) is 4.70. The summed E-state index contributed by atoms with van der Waals surface area (Å²) in [6.45, 7) is 2.56. The zero-order valence-corrected chi connectivity index (χ0v) is 8.04. The Morgan fingerprint density at radius 3 is 3.21 bits per heavy atom. The maximum Gasteiger partial charge on any atom is 0.254 e. The number of nitrogens with zero attached hydrogens (tertiary/aromatic N) is 1. The van der Waals surface area contributed by atoms with Crippen molar-refractivity contribution in [2.45, 2.75) is 25.9 Å². The van der Waals surface area contributed by atoms with Crippen LogP contribution in [-0.2, 0) is 9.53 Å². The standard InChI is InChI=1S/C9H13N3O2/c1-6-5-8(12-11-6)10-9(13)7-3-2-4-14-7/h5,7H,2-4H2,1H3,(H2,10,11,12,13)/t7-/m1/s1. The maximum absolute atomic E-state index is 11.5. The third-order valence-corrected chi connectivity index (χ3v) is 2.18. The zero-order valence-electron chi connectivity index (χ0n) is 8.04. The van der Waals surface area contributed by atoms with Gasteiger partial charge in [-0.15, -0.1) is 0 Å². The zero-order chi connectivity index (χ0) is 9.97. The van der Waals surface area contributed by atoms with Crippen LogP contribution in [0.2, 0.25) is 0 Å². The third kappa shape index (κ3) is 1.93. The number of ether oxygens (including phenoxy) is 1. The molecule has 0 saturated carbocycles. The number of amides is 1. The number of nitrogens with one attached hydrogen (secondary N) is 2. The highest BCUT2D eigenvalue weighted by molar-refractivity contribution is 5.93. The minimum Gasteiger partial charge on any atom is -0.368 e. The minimum absolute atomic E-state index is 0.103. The van der Waals surface area contributed by atoms with E-state index in [1.54, 1.807) is 6.07 Å². The minimum atomic E-state index is -0.299. The smallest absolute Gasteiger partial charge is 0.254 e. The molecule has 0 spiro atoms. The lowest BCUT2D eigenvalue weighted by atomic mass is 10.2. The summed E-state index contributed by atoms with van der Waals surface area (Å²) in [5.41, 5.74) is 0.924. The van der Waals surface area contributed by atoms with E-state index in [1.165, 1.54) is 0 Å². The van der Waals surface area contributed by atoms with Gasteiger partial charge in [0, 0.05) is 18.4 Å². The summed E-state index contributed by atoms with van der Waals surface area (Å²) in [5.74, 6) is 0.456. The summed E-state index contributed by atoms with van der Waals surface area (Å²) in [6, 6.07) is 1.78. The number of aryl methyl sites for hydroxylation is 1. The predicted molar refractivity (Wildman–Crippen MR) is 50.9 cm³/mol. The van der Waals surface area contributed by atoms with Crippen LogP contribution >= 0.6 is 0 Å². The van der Waals surface area contributed by atoms with Crippen LogP contribution in [0.25, 0.3) is 0 Å². The summed E-state index contributed by atoms with van der Waals surface area (Å²) < 4.78 is 5.24. The van der Waals surface area contributed by atoms with Crippen LogP contribution in [-0.4, -0.2) is 28.8 Å². The van der Waals surface area contributed by atoms with Gasteiger partial charge < -0.3 is 10.1 Å². The van der Waals surface area contributed by atoms with Gasteiger partial charge in [-0.1, -0.05) is 0 Å². The van der Waals surface area contributed by atoms with Crippen LogP contribution in [0.1, 0.15) is 18.5 Å². The first kappa shape index (κ1) is 9.21. The van der Waals surface area contributed by atoms with E-state index in [4.69, 9.17) is 4.74 Å². The molecule has 14 heavy (non-hydrogen) atoms. The van der Waals surface area contributed by atoms with E-state index in [2.05, 4.69) is 15.5 Å². The summed E-state index contributed by atoms with van der Waals surface area (Å²) in [5, 5.41) is 9.37. The number of aromatic nitrogens is 2. The van der Waals surface area contributed by atoms with Gasteiger partial charge in [-0.2, -0.15) is 5.10 Å². The van der Waals surface area contributed by atoms with Gasteiger partial charge in [0.15, 0.2) is 5.82 Å². The molecule has 1 aromatic heterocycles. The highest BCUT2D eigenvalue weighted by Crippen LogP contribution is 2.14. The molecular formula is C9H13N3O2. The summed E-state index contributed by atoms with van der Waals surface area (Å²) in [7, 11) is 0. The van der Waals surface area contributed by atoms with E-state index in [0.29, 0.717) is 12.4 Å². The first-order chi connectivity index (χ1) is 6.75. The molecule has 1 aliphatic rings. The van der Waals surface area contributed by atoms with Gasteiger partial charge in [0.05, 0.1) is 0 Å². The van der Waals surface area contributed by atoms with Crippen molar-refractivity contribution in [3.63, 3.8) is 0 Å². The van der Waals surface area contributed by atoms with Crippen LogP contribution in [0.4, 0.5) is 5.82 Å². The molecule has 0 aliphatic carbocycles. The lowest BCUT2D eigenvalue weighted by Crippen LogP contribution is -2.26. The van der Waals surface area contributed by atoms with E-state index >= 15 is 0 Å². The SMILES string of the molecule is Cc1cc(NC(=O)[C@H]2CCCO2)n[nH]1. The van der Waals surface area contributed by atoms with Gasteiger partial charge in [0.25, 0.3) is 5.91 Å². The number of carbonyl (C=O) groups is 1. The van der Waals surface area contributed by atoms with Crippen molar-refractivity contribution >= 4 is 11.7 Å². The van der Waals surface area contributed by atoms with Crippen molar-refractivity contribution in [3.8, 4) is 0 Å². The number of hydrogen-bond donors (Lipinski definition) is 2. The molecular weight excluding hydrogens is 182 g/mol. The van der Waals surface area contributed by atoms with Crippen LogP contribution in [0.15, 0.2) is 6.07 Å². The molecule has 2 rings (SSSR count). The Kier molecular flexibility index (Phi) is 2.49. The Balaban J connectivity index is 1.93. The topological polar surface area (TPSA) is 67.0 Å². The predicted octanol–water partition coefficient (Wildman–Crippen LogP) is 0.836. The number of anilines is 1. The van der Waals surface area contributed by atoms with E-state index in [0.717, 1.165) is 18.5 Å². The van der Waals surface area contributed by atoms with Crippen molar-refractivity contribution in [2.75, 3.05) is 11.9 Å². The molecule has 0 unspecified atom stereocenters. The lowest BCUT2D eigenvalue weighted by Gasteiger charge is -2.07. The van der Waals surface area contributed by atoms with E-state index in [9.17, 15) is 4.79 Å². The van der Waals surface area contributed by atoms with Gasteiger partial charge in [-0.25, -0.2) is 0 Å². The van der Waals surface area contributed by atoms with Gasteiger partial charge >= 0.3 is 0 Å². The largest absolute Gasteiger partial charge is 0.368 e. The number of rotatable bonds is 2. The molecule has 2 heterocycles. The first-order valence-corrected chi connectivity index (χ1v) is 4.70. The van der Waals surface area contributed by atoms with Gasteiger partial charge in [0.1, 0.15) is 6.10 Å². The fourth-order valence-corrected chi connectivity index (χ4v) is 1.47. The molecule has 5 nitrogen and oxygen atoms in total. The Hall–Kier alpha value is -1.36. The van der Waals surface area contributed by atoms with Crippen LogP contribution in [0.3, 0.4) is 0 Å². The van der Waals surface area contributed by atoms with Crippen LogP contribution in [0.5, 0.6) is 0 Å². The highest BCUT2D eigenvalue weighted by atomic mass is 16.5. The van der Waals surface area contributed by atoms with E-state index in [1.807, 2.05) is 6.92 Å². The second kappa shape index (κ2) is 3.79. The molecule has 0 bridgehead atoms. The monoisotopic (exact) mass is 195 g/mol. The fraction of sp³-hybridized carbons (Fsp3) is 0.556. The number of hydrogen-bond acceptors (Lipinski definition) is 3. The van der Waals surface area contributed by atoms with Crippen LogP contribution in [0, 0.1) is 6.92 Å². The molecule has 76 valence electrons. The van der Waals surface area contributed by atoms with E-state index in [-0.39, 0.29) is 12.0 Å². The Labute approximate surface area is 81.8 Å². The van der Waals surface area contributed by atoms with Crippen molar-refractivity contribution in [3.05, 3.63) is 11.8 Å². The average molecular weight is 195 g/mol. The molecule has 1 atom stereocenters. The molecule has 1 saturated heterocycles. The Morgan fingerprint density at radius 1 is 1.79 bits per heavy atom. The lowest BCUT2D eigenvalue weighted by molar-refractivity contribution is -0.124. The third-order valence-electron chi connectivity index (χ3n) is 2.18. The van der Waals surface area contributed by atoms with Gasteiger partial charge in [0.2, 0.25) is 0 Å². The molecule has 1 aromatic rings. The van der Waals surface area contributed by atoms with Crippen molar-refractivity contribution in [1.82, 2.24) is 10.2 Å². The number of H-pyrrole nitrogens is 1. The molecule has 2 N–H and O–H groups in total. The van der Waals surface area contributed by atoms with Crippen LogP contribution < -0.4 is 5.32 Å². The van der Waals surface area contributed by atoms with E-state index < -0.39 is 0 Å². The second-order valence-corrected chi connectivity index (χ2v) is 3.43. The molecule has 5 heteroatoms. The number of carbonyl (C=O) groups excluding carboxylic acids is 1. The van der Waals surface area contributed by atoms with Crippen molar-refractivity contribution in [1.29, 1.82) is 0 Å². The van der Waals surface area contributed by atoms with Crippen molar-refractivity contribution in [2.24, 2.45) is 0 Å². The summed E-state index contributed by atoms with van der Waals surface area (Å²) in [4.78, 5) is 11.5. The quantitative estimate of drug-likeness (QED) is 0.734. The van der Waals surface area contributed by atoms with Gasteiger partial charge in [-0.3, -0.25) is 9.89 Å². The Morgan fingerprint density at radius 2 is 2.64 bits per heavy atom. The van der Waals surface area contributed by atoms with Gasteiger partial charge in [-0.05, 0) is 19.8 Å². The van der Waals surface area contributed by atoms with Crippen molar-refractivity contribution < 1.29 is 9.53 Å². The highest BCUT2D eigenvalue weighted by Gasteiger charge is 2.23. The number of aromatic amines is 1. The maximum atomic E-state index is 11.5. The normalized spacial score (nSPS) is 21.1. The molecule has 1 fully saturated rings. The molecule has 0 aromatic carbocycles. The Bertz CT molecular complexity index is 329. The second-order valence-electron chi connectivity index (χ2n) is 3.43. The molecule has 1 amide bonds. The summed E-state index contributed by atoms with van der Waals surface area (Å²) in [6.07, 6.45) is 1.46. The molecule has 0 radical (unpaired) electrons. The molecule has 1 aliphatic heterocycles. The average Bonchev–Trinajstić information content (AvgIpc) is 2.75.